The van der Waals surface area contributed by atoms with Crippen molar-refractivity contribution >= 4 is 5.91 Å². The molecule has 20 heavy (non-hydrogen) atoms. The van der Waals surface area contributed by atoms with E-state index < -0.39 is 0 Å². The van der Waals surface area contributed by atoms with Crippen LogP contribution < -0.4 is 5.32 Å². The third kappa shape index (κ3) is 2.33. The lowest BCUT2D eigenvalue weighted by atomic mass is 9.91. The molecule has 1 amide bonds. The van der Waals surface area contributed by atoms with E-state index in [9.17, 15) is 4.79 Å². The summed E-state index contributed by atoms with van der Waals surface area (Å²) in [6, 6.07) is 4.09. The first-order valence-electron chi connectivity index (χ1n) is 7.51. The van der Waals surface area contributed by atoms with Gasteiger partial charge in [-0.15, -0.1) is 0 Å². The molecule has 1 aromatic heterocycles. The van der Waals surface area contributed by atoms with E-state index in [1.807, 2.05) is 24.1 Å². The summed E-state index contributed by atoms with van der Waals surface area (Å²) >= 11 is 0. The second-order valence-electron chi connectivity index (χ2n) is 6.27. The molecule has 1 saturated carbocycles. The number of pyridine rings is 1. The highest BCUT2D eigenvalue weighted by molar-refractivity contribution is 5.83. The number of hydrogen-bond donors (Lipinski definition) is 1. The molecule has 108 valence electrons. The van der Waals surface area contributed by atoms with Crippen molar-refractivity contribution in [2.24, 2.45) is 11.3 Å². The standard InChI is InChI=1S/C16H23N3O/c1-12(13-3-7-17-8-4-13)19(2)15(20)14-11-16(14)5-9-18-10-6-16/h3-4,7-8,12,14,18H,5-6,9-11H2,1-2H3/t12-,14?/m0/s1. The minimum absolute atomic E-state index is 0.116. The molecule has 3 rings (SSSR count). The number of nitrogens with zero attached hydrogens (tertiary/aromatic N) is 2. The van der Waals surface area contributed by atoms with Crippen molar-refractivity contribution in [2.45, 2.75) is 32.2 Å². The van der Waals surface area contributed by atoms with Crippen LogP contribution in [0, 0.1) is 11.3 Å². The Kier molecular flexibility index (Phi) is 3.50. The molecule has 0 bridgehead atoms. The highest BCUT2D eigenvalue weighted by Crippen LogP contribution is 2.59. The maximum Gasteiger partial charge on any atom is 0.226 e. The van der Waals surface area contributed by atoms with Gasteiger partial charge in [0.2, 0.25) is 5.91 Å². The quantitative estimate of drug-likeness (QED) is 0.916. The van der Waals surface area contributed by atoms with Crippen LogP contribution in [0.15, 0.2) is 24.5 Å². The normalized spacial score (nSPS) is 25.2. The SMILES string of the molecule is C[C@@H](c1ccncc1)N(C)C(=O)C1CC12CCNCC2. The number of nitrogens with one attached hydrogen (secondary N) is 1. The monoisotopic (exact) mass is 273 g/mol. The fourth-order valence-corrected chi connectivity index (χ4v) is 3.48. The average molecular weight is 273 g/mol. The van der Waals surface area contributed by atoms with Gasteiger partial charge >= 0.3 is 0 Å². The van der Waals surface area contributed by atoms with Crippen LogP contribution in [0.5, 0.6) is 0 Å². The van der Waals surface area contributed by atoms with Gasteiger partial charge in [0.1, 0.15) is 0 Å². The first-order valence-corrected chi connectivity index (χ1v) is 7.51. The molecule has 0 aromatic carbocycles. The highest BCUT2D eigenvalue weighted by atomic mass is 16.2. The molecule has 1 saturated heterocycles. The largest absolute Gasteiger partial charge is 0.339 e. The predicted molar refractivity (Wildman–Crippen MR) is 78.1 cm³/mol. The van der Waals surface area contributed by atoms with Crippen LogP contribution in [0.1, 0.15) is 37.8 Å². The molecule has 0 radical (unpaired) electrons. The van der Waals surface area contributed by atoms with Crippen LogP contribution in [0.3, 0.4) is 0 Å². The minimum atomic E-state index is 0.116. The Hall–Kier alpha value is -1.42. The predicted octanol–water partition coefficient (Wildman–Crippen LogP) is 1.99. The first-order chi connectivity index (χ1) is 9.64. The van der Waals surface area contributed by atoms with Gasteiger partial charge in [-0.25, -0.2) is 0 Å². The molecule has 1 spiro atoms. The second kappa shape index (κ2) is 5.17. The van der Waals surface area contributed by atoms with Crippen molar-refractivity contribution in [3.05, 3.63) is 30.1 Å². The van der Waals surface area contributed by atoms with Crippen molar-refractivity contribution in [1.29, 1.82) is 0 Å². The van der Waals surface area contributed by atoms with Gasteiger partial charge in [0.25, 0.3) is 0 Å². The van der Waals surface area contributed by atoms with Gasteiger partial charge in [0.15, 0.2) is 0 Å². The van der Waals surface area contributed by atoms with E-state index in [1.165, 1.54) is 0 Å². The Bertz CT molecular complexity index is 482. The van der Waals surface area contributed by atoms with Crippen molar-refractivity contribution in [1.82, 2.24) is 15.2 Å². The molecule has 4 heteroatoms. The smallest absolute Gasteiger partial charge is 0.226 e. The van der Waals surface area contributed by atoms with Gasteiger partial charge in [-0.3, -0.25) is 9.78 Å². The maximum absolute atomic E-state index is 12.7. The zero-order valence-corrected chi connectivity index (χ0v) is 12.3. The molecule has 2 fully saturated rings. The third-order valence-electron chi connectivity index (χ3n) is 5.20. The Balaban J connectivity index is 1.66. The van der Waals surface area contributed by atoms with Gasteiger partial charge in [0.05, 0.1) is 6.04 Å². The van der Waals surface area contributed by atoms with Crippen LogP contribution in [-0.2, 0) is 4.79 Å². The first kappa shape index (κ1) is 13.6. The fraction of sp³-hybridized carbons (Fsp3) is 0.625. The van der Waals surface area contributed by atoms with Crippen LogP contribution >= 0.6 is 0 Å². The lowest BCUT2D eigenvalue weighted by Gasteiger charge is -2.28. The lowest BCUT2D eigenvalue weighted by Crippen LogP contribution is -2.35. The van der Waals surface area contributed by atoms with Crippen LogP contribution in [-0.4, -0.2) is 35.9 Å². The minimum Gasteiger partial charge on any atom is -0.339 e. The van der Waals surface area contributed by atoms with E-state index >= 15 is 0 Å². The topological polar surface area (TPSA) is 45.2 Å². The zero-order valence-electron chi connectivity index (χ0n) is 12.3. The molecule has 1 aliphatic carbocycles. The molecule has 1 N–H and O–H groups in total. The molecule has 1 unspecified atom stereocenters. The summed E-state index contributed by atoms with van der Waals surface area (Å²) < 4.78 is 0. The summed E-state index contributed by atoms with van der Waals surface area (Å²) in [5.41, 5.74) is 1.46. The van der Waals surface area contributed by atoms with Crippen molar-refractivity contribution in [2.75, 3.05) is 20.1 Å². The number of rotatable bonds is 3. The summed E-state index contributed by atoms with van der Waals surface area (Å²) in [7, 11) is 1.93. The van der Waals surface area contributed by atoms with Gasteiger partial charge in [-0.05, 0) is 62.4 Å². The molecule has 2 heterocycles. The fourth-order valence-electron chi connectivity index (χ4n) is 3.48. The number of carbonyl (C=O) groups is 1. The second-order valence-corrected chi connectivity index (χ2v) is 6.27. The summed E-state index contributed by atoms with van der Waals surface area (Å²) in [6.45, 7) is 4.21. The number of carbonyl (C=O) groups excluding carboxylic acids is 1. The molecule has 4 nitrogen and oxygen atoms in total. The van der Waals surface area contributed by atoms with E-state index in [1.54, 1.807) is 12.4 Å². The van der Waals surface area contributed by atoms with Crippen LogP contribution in [0.4, 0.5) is 0 Å². The van der Waals surface area contributed by atoms with E-state index in [0.717, 1.165) is 37.9 Å². The Morgan fingerprint density at radius 3 is 2.70 bits per heavy atom. The van der Waals surface area contributed by atoms with Crippen LogP contribution in [0.25, 0.3) is 0 Å². The van der Waals surface area contributed by atoms with Gasteiger partial charge in [0, 0.05) is 25.4 Å². The number of piperidine rings is 1. The Labute approximate surface area is 120 Å². The molecule has 1 aromatic rings. The van der Waals surface area contributed by atoms with E-state index in [0.29, 0.717) is 11.3 Å². The van der Waals surface area contributed by atoms with Crippen molar-refractivity contribution in [3.8, 4) is 0 Å². The maximum atomic E-state index is 12.7. The molecule has 2 aliphatic rings. The zero-order chi connectivity index (χ0) is 14.2. The lowest BCUT2D eigenvalue weighted by molar-refractivity contribution is -0.134. The van der Waals surface area contributed by atoms with E-state index in [4.69, 9.17) is 0 Å². The number of aromatic nitrogens is 1. The Morgan fingerprint density at radius 2 is 2.05 bits per heavy atom. The van der Waals surface area contributed by atoms with Crippen molar-refractivity contribution < 1.29 is 4.79 Å². The van der Waals surface area contributed by atoms with Gasteiger partial charge < -0.3 is 10.2 Å². The van der Waals surface area contributed by atoms with Gasteiger partial charge in [-0.2, -0.15) is 0 Å². The Morgan fingerprint density at radius 1 is 1.40 bits per heavy atom. The highest BCUT2D eigenvalue weighted by Gasteiger charge is 2.58. The van der Waals surface area contributed by atoms with Crippen LogP contribution in [0.2, 0.25) is 0 Å². The average Bonchev–Trinajstić information content (AvgIpc) is 3.19. The molecule has 1 aliphatic heterocycles. The summed E-state index contributed by atoms with van der Waals surface area (Å²) in [4.78, 5) is 18.6. The van der Waals surface area contributed by atoms with E-state index in [-0.39, 0.29) is 12.0 Å². The summed E-state index contributed by atoms with van der Waals surface area (Å²) in [5.74, 6) is 0.565. The summed E-state index contributed by atoms with van der Waals surface area (Å²) in [6.07, 6.45) is 6.97. The number of hydrogen-bond acceptors (Lipinski definition) is 3. The van der Waals surface area contributed by atoms with Gasteiger partial charge in [-0.1, -0.05) is 0 Å². The third-order valence-corrected chi connectivity index (χ3v) is 5.20. The molecular weight excluding hydrogens is 250 g/mol. The summed E-state index contributed by atoms with van der Waals surface area (Å²) in [5, 5.41) is 3.39. The number of amides is 1. The molecule has 2 atom stereocenters. The molecular formula is C16H23N3O. The van der Waals surface area contributed by atoms with E-state index in [2.05, 4.69) is 17.2 Å². The van der Waals surface area contributed by atoms with Crippen molar-refractivity contribution in [3.63, 3.8) is 0 Å².